The predicted octanol–water partition coefficient (Wildman–Crippen LogP) is 4.58. The van der Waals surface area contributed by atoms with Crippen LogP contribution in [-0.4, -0.2) is 24.8 Å². The smallest absolute Gasteiger partial charge is 0.159 e. The number of hydrogen-bond donors (Lipinski definition) is 0. The second kappa shape index (κ2) is 9.02. The van der Waals surface area contributed by atoms with E-state index in [0.717, 1.165) is 17.9 Å². The van der Waals surface area contributed by atoms with Crippen LogP contribution in [0.3, 0.4) is 0 Å². The summed E-state index contributed by atoms with van der Waals surface area (Å²) in [6.07, 6.45) is 0.861. The van der Waals surface area contributed by atoms with E-state index in [1.807, 2.05) is 24.3 Å². The number of ether oxygens (including phenoxy) is 2. The van der Waals surface area contributed by atoms with E-state index in [0.29, 0.717) is 30.3 Å². The van der Waals surface area contributed by atoms with Gasteiger partial charge in [-0.1, -0.05) is 6.92 Å². The molecule has 1 atom stereocenters. The predicted molar refractivity (Wildman–Crippen MR) is 97.7 cm³/mol. The summed E-state index contributed by atoms with van der Waals surface area (Å²) in [6.45, 7) is 6.38. The molecular formula is C21H24O4. The monoisotopic (exact) mass is 340 g/mol. The summed E-state index contributed by atoms with van der Waals surface area (Å²) in [5.74, 6) is 1.96. The van der Waals surface area contributed by atoms with Crippen LogP contribution in [0.4, 0.5) is 0 Å². The molecule has 0 aromatic heterocycles. The lowest BCUT2D eigenvalue weighted by atomic mass is 10.1. The molecule has 0 aliphatic carbocycles. The number of carbonyl (C=O) groups is 2. The van der Waals surface area contributed by atoms with Crippen molar-refractivity contribution in [3.63, 3.8) is 0 Å². The number of carbonyl (C=O) groups excluding carboxylic acids is 2. The SMILES string of the molecule is CC(=O)c1ccc(OCCC(C)COc2ccc(C(C)=O)cc2)cc1. The van der Waals surface area contributed by atoms with E-state index in [9.17, 15) is 9.59 Å². The molecule has 0 spiro atoms. The lowest BCUT2D eigenvalue weighted by Crippen LogP contribution is -2.12. The Balaban J connectivity index is 1.70. The molecule has 0 fully saturated rings. The van der Waals surface area contributed by atoms with Crippen molar-refractivity contribution in [2.75, 3.05) is 13.2 Å². The zero-order chi connectivity index (χ0) is 18.2. The first kappa shape index (κ1) is 18.7. The molecule has 0 aliphatic heterocycles. The van der Waals surface area contributed by atoms with Crippen molar-refractivity contribution in [2.24, 2.45) is 5.92 Å². The maximum atomic E-state index is 11.2. The van der Waals surface area contributed by atoms with E-state index < -0.39 is 0 Å². The van der Waals surface area contributed by atoms with Gasteiger partial charge >= 0.3 is 0 Å². The van der Waals surface area contributed by atoms with Crippen LogP contribution in [0.1, 0.15) is 47.9 Å². The van der Waals surface area contributed by atoms with E-state index >= 15 is 0 Å². The van der Waals surface area contributed by atoms with Crippen LogP contribution in [0.2, 0.25) is 0 Å². The number of ketones is 2. The van der Waals surface area contributed by atoms with Crippen LogP contribution in [0.5, 0.6) is 11.5 Å². The van der Waals surface area contributed by atoms with Gasteiger partial charge in [-0.15, -0.1) is 0 Å². The third kappa shape index (κ3) is 6.07. The molecule has 0 saturated carbocycles. The molecule has 25 heavy (non-hydrogen) atoms. The molecule has 1 unspecified atom stereocenters. The third-order valence-electron chi connectivity index (χ3n) is 3.94. The Labute approximate surface area is 148 Å². The van der Waals surface area contributed by atoms with Gasteiger partial charge in [0.25, 0.3) is 0 Å². The lowest BCUT2D eigenvalue weighted by molar-refractivity contribution is 0.100. The van der Waals surface area contributed by atoms with E-state index in [1.54, 1.807) is 38.1 Å². The number of rotatable bonds is 9. The van der Waals surface area contributed by atoms with Crippen LogP contribution in [0.25, 0.3) is 0 Å². The zero-order valence-electron chi connectivity index (χ0n) is 15.0. The normalized spacial score (nSPS) is 11.6. The minimum Gasteiger partial charge on any atom is -0.494 e. The molecule has 2 aromatic carbocycles. The Kier molecular flexibility index (Phi) is 6.75. The molecule has 0 bridgehead atoms. The summed E-state index contributed by atoms with van der Waals surface area (Å²) < 4.78 is 11.4. The van der Waals surface area contributed by atoms with Crippen molar-refractivity contribution in [3.05, 3.63) is 59.7 Å². The van der Waals surface area contributed by atoms with Crippen LogP contribution < -0.4 is 9.47 Å². The van der Waals surface area contributed by atoms with Crippen LogP contribution >= 0.6 is 0 Å². The summed E-state index contributed by atoms with van der Waals surface area (Å²) in [5, 5.41) is 0. The first-order chi connectivity index (χ1) is 12.0. The van der Waals surface area contributed by atoms with Gasteiger partial charge in [0.15, 0.2) is 11.6 Å². The molecule has 0 aliphatic rings. The van der Waals surface area contributed by atoms with E-state index in [-0.39, 0.29) is 11.6 Å². The lowest BCUT2D eigenvalue weighted by Gasteiger charge is -2.14. The summed E-state index contributed by atoms with van der Waals surface area (Å²) >= 11 is 0. The molecule has 2 rings (SSSR count). The topological polar surface area (TPSA) is 52.6 Å². The average molecular weight is 340 g/mol. The zero-order valence-corrected chi connectivity index (χ0v) is 15.0. The highest BCUT2D eigenvalue weighted by Gasteiger charge is 2.06. The van der Waals surface area contributed by atoms with Crippen molar-refractivity contribution >= 4 is 11.6 Å². The molecule has 0 amide bonds. The van der Waals surface area contributed by atoms with E-state index in [2.05, 4.69) is 6.92 Å². The summed E-state index contributed by atoms with van der Waals surface area (Å²) in [5.41, 5.74) is 1.37. The third-order valence-corrected chi connectivity index (χ3v) is 3.94. The Hall–Kier alpha value is -2.62. The molecule has 4 nitrogen and oxygen atoms in total. The minimum atomic E-state index is 0.0494. The second-order valence-electron chi connectivity index (χ2n) is 6.21. The molecule has 0 saturated heterocycles. The van der Waals surface area contributed by atoms with Gasteiger partial charge in [0, 0.05) is 11.1 Å². The van der Waals surface area contributed by atoms with Crippen LogP contribution in [0, 0.1) is 5.92 Å². The maximum Gasteiger partial charge on any atom is 0.159 e. The Bertz CT molecular complexity index is 702. The van der Waals surface area contributed by atoms with Crippen LogP contribution in [0.15, 0.2) is 48.5 Å². The number of hydrogen-bond acceptors (Lipinski definition) is 4. The quantitative estimate of drug-likeness (QED) is 0.627. The van der Waals surface area contributed by atoms with Gasteiger partial charge in [0.05, 0.1) is 13.2 Å². The number of Topliss-reactive ketones (excluding diaryl/α,β-unsaturated/α-hetero) is 2. The van der Waals surface area contributed by atoms with Crippen molar-refractivity contribution in [1.29, 1.82) is 0 Å². The van der Waals surface area contributed by atoms with Gasteiger partial charge < -0.3 is 9.47 Å². The van der Waals surface area contributed by atoms with Crippen molar-refractivity contribution in [3.8, 4) is 11.5 Å². The fraction of sp³-hybridized carbons (Fsp3) is 0.333. The van der Waals surface area contributed by atoms with Gasteiger partial charge in [0.2, 0.25) is 0 Å². The Morgan fingerprint density at radius 3 is 1.68 bits per heavy atom. The molecule has 0 heterocycles. The van der Waals surface area contributed by atoms with Gasteiger partial charge in [-0.25, -0.2) is 0 Å². The van der Waals surface area contributed by atoms with Crippen molar-refractivity contribution in [2.45, 2.75) is 27.2 Å². The Morgan fingerprint density at radius 1 is 0.800 bits per heavy atom. The fourth-order valence-electron chi connectivity index (χ4n) is 2.27. The first-order valence-corrected chi connectivity index (χ1v) is 8.43. The van der Waals surface area contributed by atoms with Gasteiger partial charge in [-0.2, -0.15) is 0 Å². The van der Waals surface area contributed by atoms with E-state index in [4.69, 9.17) is 9.47 Å². The number of benzene rings is 2. The molecule has 132 valence electrons. The van der Waals surface area contributed by atoms with Crippen molar-refractivity contribution < 1.29 is 19.1 Å². The van der Waals surface area contributed by atoms with Crippen LogP contribution in [-0.2, 0) is 0 Å². The molecule has 0 N–H and O–H groups in total. The van der Waals surface area contributed by atoms with Crippen molar-refractivity contribution in [1.82, 2.24) is 0 Å². The summed E-state index contributed by atoms with van der Waals surface area (Å²) in [6, 6.07) is 14.4. The summed E-state index contributed by atoms with van der Waals surface area (Å²) in [4.78, 5) is 22.5. The maximum absolute atomic E-state index is 11.2. The summed E-state index contributed by atoms with van der Waals surface area (Å²) in [7, 11) is 0. The molecule has 2 aromatic rings. The highest BCUT2D eigenvalue weighted by molar-refractivity contribution is 5.94. The Morgan fingerprint density at radius 2 is 1.24 bits per heavy atom. The minimum absolute atomic E-state index is 0.0494. The molecule has 4 heteroatoms. The highest BCUT2D eigenvalue weighted by atomic mass is 16.5. The van der Waals surface area contributed by atoms with E-state index in [1.165, 1.54) is 0 Å². The average Bonchev–Trinajstić information content (AvgIpc) is 2.60. The first-order valence-electron chi connectivity index (χ1n) is 8.43. The molecule has 0 radical (unpaired) electrons. The highest BCUT2D eigenvalue weighted by Crippen LogP contribution is 2.16. The standard InChI is InChI=1S/C21H24O4/c1-15(14-25-21-10-6-19(7-11-21)17(3)23)12-13-24-20-8-4-18(5-9-20)16(2)22/h4-11,15H,12-14H2,1-3H3. The fourth-order valence-corrected chi connectivity index (χ4v) is 2.27. The largest absolute Gasteiger partial charge is 0.494 e. The molecular weight excluding hydrogens is 316 g/mol. The van der Waals surface area contributed by atoms with Gasteiger partial charge in [-0.05, 0) is 74.7 Å². The second-order valence-corrected chi connectivity index (χ2v) is 6.21. The van der Waals surface area contributed by atoms with Gasteiger partial charge in [0.1, 0.15) is 11.5 Å². The van der Waals surface area contributed by atoms with Gasteiger partial charge in [-0.3, -0.25) is 9.59 Å².